The molecule has 0 unspecified atom stereocenters. The van der Waals surface area contributed by atoms with Gasteiger partial charge < -0.3 is 4.90 Å². The number of aldehydes is 1. The Morgan fingerprint density at radius 2 is 1.75 bits per heavy atom. The lowest BCUT2D eigenvalue weighted by atomic mass is 10.1. The summed E-state index contributed by atoms with van der Waals surface area (Å²) in [5.41, 5.74) is 1.10. The summed E-state index contributed by atoms with van der Waals surface area (Å²) in [5.74, 6) is 0.895. The highest BCUT2D eigenvalue weighted by Gasteiger charge is 2.17. The molecule has 110 valence electrons. The van der Waals surface area contributed by atoms with Crippen molar-refractivity contribution in [1.82, 2.24) is 0 Å². The Bertz CT molecular complexity index is 474. The molecule has 0 saturated heterocycles. The number of non-ortho nitro benzene ring substituents is 1. The normalized spacial score (nSPS) is 10.9. The number of nitro benzene ring substituents is 1. The van der Waals surface area contributed by atoms with Crippen LogP contribution in [0.4, 0.5) is 11.4 Å². The molecule has 20 heavy (non-hydrogen) atoms. The predicted molar refractivity (Wildman–Crippen MR) is 80.4 cm³/mol. The fourth-order valence-electron chi connectivity index (χ4n) is 2.19. The van der Waals surface area contributed by atoms with E-state index in [1.807, 2.05) is 0 Å². The second-order valence-electron chi connectivity index (χ2n) is 5.81. The zero-order valence-electron chi connectivity index (χ0n) is 12.5. The lowest BCUT2D eigenvalue weighted by Crippen LogP contribution is -2.32. The van der Waals surface area contributed by atoms with E-state index in [-0.39, 0.29) is 5.69 Å². The maximum atomic E-state index is 11.2. The van der Waals surface area contributed by atoms with Crippen LogP contribution in [0.3, 0.4) is 0 Å². The molecule has 5 nitrogen and oxygen atoms in total. The third kappa shape index (κ3) is 4.33. The van der Waals surface area contributed by atoms with E-state index in [1.54, 1.807) is 6.07 Å². The summed E-state index contributed by atoms with van der Waals surface area (Å²) >= 11 is 0. The number of carbonyl (C=O) groups excluding carboxylic acids is 1. The van der Waals surface area contributed by atoms with E-state index >= 15 is 0 Å². The van der Waals surface area contributed by atoms with Crippen LogP contribution in [0.15, 0.2) is 18.2 Å². The van der Waals surface area contributed by atoms with Gasteiger partial charge >= 0.3 is 0 Å². The Balaban J connectivity index is 3.17. The third-order valence-electron chi connectivity index (χ3n) is 2.86. The van der Waals surface area contributed by atoms with Crippen molar-refractivity contribution in [3.8, 4) is 0 Å². The van der Waals surface area contributed by atoms with Gasteiger partial charge in [0.25, 0.3) is 5.69 Å². The largest absolute Gasteiger partial charge is 0.370 e. The van der Waals surface area contributed by atoms with Crippen LogP contribution in [0.25, 0.3) is 0 Å². The highest BCUT2D eigenvalue weighted by Crippen LogP contribution is 2.25. The molecule has 0 aromatic heterocycles. The number of hydrogen-bond donors (Lipinski definition) is 0. The van der Waals surface area contributed by atoms with Crippen LogP contribution >= 0.6 is 0 Å². The van der Waals surface area contributed by atoms with Crippen molar-refractivity contribution < 1.29 is 9.72 Å². The van der Waals surface area contributed by atoms with E-state index in [9.17, 15) is 14.9 Å². The number of carbonyl (C=O) groups is 1. The Morgan fingerprint density at radius 3 is 2.15 bits per heavy atom. The van der Waals surface area contributed by atoms with Crippen molar-refractivity contribution >= 4 is 17.7 Å². The van der Waals surface area contributed by atoms with Crippen LogP contribution in [-0.2, 0) is 0 Å². The maximum Gasteiger partial charge on any atom is 0.270 e. The quantitative estimate of drug-likeness (QED) is 0.435. The van der Waals surface area contributed by atoms with Gasteiger partial charge in [-0.1, -0.05) is 27.7 Å². The van der Waals surface area contributed by atoms with Gasteiger partial charge in [-0.25, -0.2) is 0 Å². The molecule has 1 rings (SSSR count). The first kappa shape index (κ1) is 16.1. The van der Waals surface area contributed by atoms with E-state index in [0.717, 1.165) is 18.8 Å². The van der Waals surface area contributed by atoms with Gasteiger partial charge in [-0.3, -0.25) is 14.9 Å². The van der Waals surface area contributed by atoms with Crippen molar-refractivity contribution in [2.24, 2.45) is 11.8 Å². The van der Waals surface area contributed by atoms with Crippen LogP contribution in [0.1, 0.15) is 38.1 Å². The van der Waals surface area contributed by atoms with E-state index in [0.29, 0.717) is 23.7 Å². The van der Waals surface area contributed by atoms with E-state index in [1.165, 1.54) is 12.1 Å². The standard InChI is InChI=1S/C15H22N2O3/c1-11(2)8-16(9-12(3)4)15-6-5-14(17(19)20)7-13(15)10-18/h5-7,10-12H,8-9H2,1-4H3. The Labute approximate surface area is 119 Å². The van der Waals surface area contributed by atoms with Crippen molar-refractivity contribution in [2.75, 3.05) is 18.0 Å². The molecule has 5 heteroatoms. The van der Waals surface area contributed by atoms with E-state index in [2.05, 4.69) is 32.6 Å². The third-order valence-corrected chi connectivity index (χ3v) is 2.86. The Kier molecular flexibility index (Phi) is 5.67. The molecule has 1 aromatic carbocycles. The van der Waals surface area contributed by atoms with Gasteiger partial charge in [-0.15, -0.1) is 0 Å². The highest BCUT2D eigenvalue weighted by molar-refractivity contribution is 5.86. The van der Waals surface area contributed by atoms with Crippen LogP contribution in [0.5, 0.6) is 0 Å². The second-order valence-corrected chi connectivity index (χ2v) is 5.81. The first-order chi connectivity index (χ1) is 9.35. The first-order valence-electron chi connectivity index (χ1n) is 6.83. The molecule has 0 radical (unpaired) electrons. The molecular weight excluding hydrogens is 256 g/mol. The molecule has 0 aliphatic heterocycles. The average Bonchev–Trinajstić information content (AvgIpc) is 2.35. The van der Waals surface area contributed by atoms with E-state index < -0.39 is 4.92 Å². The SMILES string of the molecule is CC(C)CN(CC(C)C)c1ccc([N+](=O)[O-])cc1C=O. The van der Waals surface area contributed by atoms with Gasteiger partial charge in [0.1, 0.15) is 0 Å². The minimum absolute atomic E-state index is 0.0510. The molecule has 0 amide bonds. The number of benzene rings is 1. The maximum absolute atomic E-state index is 11.2. The summed E-state index contributed by atoms with van der Waals surface area (Å²) in [4.78, 5) is 23.7. The number of rotatable bonds is 7. The molecule has 0 N–H and O–H groups in total. The molecule has 0 aliphatic carbocycles. The van der Waals surface area contributed by atoms with Crippen LogP contribution < -0.4 is 4.90 Å². The lowest BCUT2D eigenvalue weighted by Gasteiger charge is -2.29. The van der Waals surface area contributed by atoms with Crippen LogP contribution in [0, 0.1) is 22.0 Å². The number of nitro groups is 1. The first-order valence-corrected chi connectivity index (χ1v) is 6.83. The monoisotopic (exact) mass is 278 g/mol. The summed E-state index contributed by atoms with van der Waals surface area (Å²) < 4.78 is 0. The van der Waals surface area contributed by atoms with Crippen LogP contribution in [0.2, 0.25) is 0 Å². The van der Waals surface area contributed by atoms with Gasteiger partial charge in [-0.05, 0) is 17.9 Å². The van der Waals surface area contributed by atoms with Gasteiger partial charge in [0.05, 0.1) is 4.92 Å². The van der Waals surface area contributed by atoms with Crippen molar-refractivity contribution in [3.05, 3.63) is 33.9 Å². The number of nitrogens with zero attached hydrogens (tertiary/aromatic N) is 2. The van der Waals surface area contributed by atoms with Gasteiger partial charge in [0.2, 0.25) is 0 Å². The van der Waals surface area contributed by atoms with Crippen LogP contribution in [-0.4, -0.2) is 24.3 Å². The summed E-state index contributed by atoms with van der Waals surface area (Å²) in [7, 11) is 0. The van der Waals surface area contributed by atoms with Crippen molar-refractivity contribution in [1.29, 1.82) is 0 Å². The zero-order valence-corrected chi connectivity index (χ0v) is 12.5. The van der Waals surface area contributed by atoms with E-state index in [4.69, 9.17) is 0 Å². The molecule has 0 atom stereocenters. The minimum Gasteiger partial charge on any atom is -0.370 e. The van der Waals surface area contributed by atoms with Crippen molar-refractivity contribution in [2.45, 2.75) is 27.7 Å². The average molecular weight is 278 g/mol. The van der Waals surface area contributed by atoms with Gasteiger partial charge in [0, 0.05) is 36.5 Å². The molecule has 1 aromatic rings. The Morgan fingerprint density at radius 1 is 1.20 bits per heavy atom. The molecule has 0 bridgehead atoms. The molecule has 0 saturated carbocycles. The zero-order chi connectivity index (χ0) is 15.3. The predicted octanol–water partition coefficient (Wildman–Crippen LogP) is 3.53. The van der Waals surface area contributed by atoms with Crippen molar-refractivity contribution in [3.63, 3.8) is 0 Å². The Hall–Kier alpha value is -1.91. The fourth-order valence-corrected chi connectivity index (χ4v) is 2.19. The minimum atomic E-state index is -0.480. The fraction of sp³-hybridized carbons (Fsp3) is 0.533. The smallest absolute Gasteiger partial charge is 0.270 e. The summed E-state index contributed by atoms with van der Waals surface area (Å²) in [6, 6.07) is 4.47. The molecular formula is C15H22N2O3. The van der Waals surface area contributed by atoms with Gasteiger partial charge in [0.15, 0.2) is 6.29 Å². The second kappa shape index (κ2) is 7.03. The lowest BCUT2D eigenvalue weighted by molar-refractivity contribution is -0.384. The molecule has 0 spiro atoms. The summed E-state index contributed by atoms with van der Waals surface area (Å²) in [6.07, 6.45) is 0.690. The molecule has 0 aliphatic rings. The molecule has 0 fully saturated rings. The number of hydrogen-bond acceptors (Lipinski definition) is 4. The topological polar surface area (TPSA) is 63.4 Å². The van der Waals surface area contributed by atoms with Gasteiger partial charge in [-0.2, -0.15) is 0 Å². The highest BCUT2D eigenvalue weighted by atomic mass is 16.6. The number of anilines is 1. The molecule has 0 heterocycles. The summed E-state index contributed by atoms with van der Waals surface area (Å²) in [5, 5.41) is 10.8. The summed E-state index contributed by atoms with van der Waals surface area (Å²) in [6.45, 7) is 10.1.